The normalized spacial score (nSPS) is 14.3. The fourth-order valence-electron chi connectivity index (χ4n) is 3.12. The number of nitrogens with zero attached hydrogens (tertiary/aromatic N) is 2. The van der Waals surface area contributed by atoms with E-state index in [0.717, 1.165) is 12.5 Å². The van der Waals surface area contributed by atoms with Crippen LogP contribution >= 0.6 is 0 Å². The fourth-order valence-corrected chi connectivity index (χ4v) is 3.12. The lowest BCUT2D eigenvalue weighted by atomic mass is 9.81. The van der Waals surface area contributed by atoms with Crippen LogP contribution in [0, 0.1) is 10.1 Å². The van der Waals surface area contributed by atoms with E-state index in [-0.39, 0.29) is 17.8 Å². The summed E-state index contributed by atoms with van der Waals surface area (Å²) in [6, 6.07) is 13.0. The van der Waals surface area contributed by atoms with Crippen LogP contribution in [-0.4, -0.2) is 22.2 Å². The van der Waals surface area contributed by atoms with Gasteiger partial charge in [-0.1, -0.05) is 30.3 Å². The molecule has 1 atom stereocenters. The van der Waals surface area contributed by atoms with Gasteiger partial charge in [-0.05, 0) is 24.1 Å². The molecule has 27 heavy (non-hydrogen) atoms. The third-order valence-electron chi connectivity index (χ3n) is 4.90. The van der Waals surface area contributed by atoms with Gasteiger partial charge in [0.05, 0.1) is 10.4 Å². The molecule has 5 nitrogen and oxygen atoms in total. The summed E-state index contributed by atoms with van der Waals surface area (Å²) in [6.07, 6.45) is -3.16. The van der Waals surface area contributed by atoms with E-state index in [9.17, 15) is 23.3 Å². The van der Waals surface area contributed by atoms with Crippen molar-refractivity contribution in [3.05, 3.63) is 76.0 Å². The highest BCUT2D eigenvalue weighted by Gasteiger charge is 2.52. The molecule has 8 heteroatoms. The molecule has 3 rings (SSSR count). The van der Waals surface area contributed by atoms with Crippen LogP contribution in [0.4, 0.5) is 18.9 Å². The van der Waals surface area contributed by atoms with Crippen LogP contribution in [0.25, 0.3) is 10.9 Å². The Bertz CT molecular complexity index is 983. The molecule has 1 unspecified atom stereocenters. The van der Waals surface area contributed by atoms with E-state index in [0.29, 0.717) is 10.9 Å². The largest absolute Gasteiger partial charge is 0.399 e. The number of nitro groups is 1. The highest BCUT2D eigenvalue weighted by Crippen LogP contribution is 2.44. The third kappa shape index (κ3) is 3.28. The van der Waals surface area contributed by atoms with Gasteiger partial charge in [0.2, 0.25) is 0 Å². The highest BCUT2D eigenvalue weighted by molar-refractivity contribution is 5.87. The molecule has 2 aromatic carbocycles. The van der Waals surface area contributed by atoms with E-state index >= 15 is 0 Å². The van der Waals surface area contributed by atoms with Crippen molar-refractivity contribution in [3.8, 4) is 0 Å². The number of rotatable bonds is 5. The van der Waals surface area contributed by atoms with Gasteiger partial charge in [0.25, 0.3) is 5.69 Å². The molecule has 0 saturated carbocycles. The number of non-ortho nitro benzene ring substituents is 1. The van der Waals surface area contributed by atoms with E-state index in [1.807, 2.05) is 30.3 Å². The summed E-state index contributed by atoms with van der Waals surface area (Å²) < 4.78 is 42.9. The highest BCUT2D eigenvalue weighted by atomic mass is 19.4. The van der Waals surface area contributed by atoms with Gasteiger partial charge < -0.3 is 10.3 Å². The zero-order valence-electron chi connectivity index (χ0n) is 14.5. The Balaban J connectivity index is 2.25. The van der Waals surface area contributed by atoms with Crippen LogP contribution in [0.15, 0.2) is 54.7 Å². The minimum Gasteiger partial charge on any atom is -0.343 e. The number of benzene rings is 2. The number of hydrogen-bond donors (Lipinski definition) is 1. The first-order valence-corrected chi connectivity index (χ1v) is 8.26. The number of nitrogens with two attached hydrogens (primary N) is 1. The summed E-state index contributed by atoms with van der Waals surface area (Å²) >= 11 is 0. The lowest BCUT2D eigenvalue weighted by Gasteiger charge is -2.30. The fraction of sp³-hybridized carbons (Fsp3) is 0.263. The van der Waals surface area contributed by atoms with Crippen LogP contribution in [0.3, 0.4) is 0 Å². The molecule has 0 amide bonds. The van der Waals surface area contributed by atoms with Crippen molar-refractivity contribution in [1.82, 2.24) is 4.57 Å². The summed E-state index contributed by atoms with van der Waals surface area (Å²) in [5.74, 6) is 0. The first-order chi connectivity index (χ1) is 12.7. The van der Waals surface area contributed by atoms with Crippen molar-refractivity contribution in [1.29, 1.82) is 0 Å². The molecule has 2 N–H and O–H groups in total. The summed E-state index contributed by atoms with van der Waals surface area (Å²) in [5.41, 5.74) is 4.33. The summed E-state index contributed by atoms with van der Waals surface area (Å²) in [6.45, 7) is 0.713. The number of fused-ring (bicyclic) bond motifs is 1. The van der Waals surface area contributed by atoms with Crippen molar-refractivity contribution in [2.45, 2.75) is 25.1 Å². The van der Waals surface area contributed by atoms with Gasteiger partial charge in [-0.2, -0.15) is 13.2 Å². The first-order valence-electron chi connectivity index (χ1n) is 8.26. The molecule has 0 bridgehead atoms. The zero-order chi connectivity index (χ0) is 19.8. The van der Waals surface area contributed by atoms with Crippen LogP contribution in [0.5, 0.6) is 0 Å². The molecule has 0 fully saturated rings. The lowest BCUT2D eigenvalue weighted by Crippen LogP contribution is -2.45. The number of hydrogen-bond acceptors (Lipinski definition) is 3. The second-order valence-electron chi connectivity index (χ2n) is 6.65. The Morgan fingerprint density at radius 3 is 2.37 bits per heavy atom. The summed E-state index contributed by atoms with van der Waals surface area (Å²) in [4.78, 5) is 10.6. The molecule has 1 aromatic heterocycles. The Morgan fingerprint density at radius 2 is 1.81 bits per heavy atom. The van der Waals surface area contributed by atoms with Gasteiger partial charge in [0.1, 0.15) is 5.41 Å². The van der Waals surface area contributed by atoms with Gasteiger partial charge in [0, 0.05) is 36.8 Å². The molecule has 0 spiro atoms. The summed E-state index contributed by atoms with van der Waals surface area (Å²) in [7, 11) is 0. The van der Waals surface area contributed by atoms with Crippen molar-refractivity contribution >= 4 is 16.6 Å². The van der Waals surface area contributed by atoms with Gasteiger partial charge in [-0.25, -0.2) is 0 Å². The zero-order valence-corrected chi connectivity index (χ0v) is 14.5. The van der Waals surface area contributed by atoms with Crippen LogP contribution in [0.1, 0.15) is 18.1 Å². The maximum absolute atomic E-state index is 13.8. The maximum Gasteiger partial charge on any atom is 0.399 e. The standard InChI is InChI=1S/C19H18F3N3O2/c1-18(12-23,19(20,21)22)16-11-24(10-13-5-3-2-4-6-13)17-9-14(25(26)27)7-8-15(16)17/h2-9,11H,10,12,23H2,1H3. The van der Waals surface area contributed by atoms with Crippen molar-refractivity contribution in [2.24, 2.45) is 5.73 Å². The molecular weight excluding hydrogens is 359 g/mol. The van der Waals surface area contributed by atoms with E-state index in [2.05, 4.69) is 0 Å². The number of alkyl halides is 3. The Labute approximate surface area is 153 Å². The predicted octanol–water partition coefficient (Wildman–Crippen LogP) is 4.38. The lowest BCUT2D eigenvalue weighted by molar-refractivity contribution is -0.384. The average Bonchev–Trinajstić information content (AvgIpc) is 2.99. The quantitative estimate of drug-likeness (QED) is 0.530. The number of aromatic nitrogens is 1. The van der Waals surface area contributed by atoms with Crippen molar-refractivity contribution < 1.29 is 18.1 Å². The van der Waals surface area contributed by atoms with Gasteiger partial charge in [-0.3, -0.25) is 10.1 Å². The van der Waals surface area contributed by atoms with Crippen molar-refractivity contribution in [3.63, 3.8) is 0 Å². The number of halogens is 3. The smallest absolute Gasteiger partial charge is 0.343 e. The molecule has 3 aromatic rings. The van der Waals surface area contributed by atoms with Gasteiger partial charge in [-0.15, -0.1) is 0 Å². The Kier molecular flexibility index (Phi) is 4.69. The van der Waals surface area contributed by atoms with E-state index in [1.165, 1.54) is 24.4 Å². The van der Waals surface area contributed by atoms with Crippen LogP contribution < -0.4 is 5.73 Å². The summed E-state index contributed by atoms with van der Waals surface area (Å²) in [5, 5.41) is 11.4. The number of nitro benzene ring substituents is 1. The second-order valence-corrected chi connectivity index (χ2v) is 6.65. The molecule has 142 valence electrons. The molecular formula is C19H18F3N3O2. The SMILES string of the molecule is CC(CN)(c1cn(Cc2ccccc2)c2cc([N+](=O)[O-])ccc12)C(F)(F)F. The topological polar surface area (TPSA) is 74.1 Å². The van der Waals surface area contributed by atoms with Crippen LogP contribution in [-0.2, 0) is 12.0 Å². The molecule has 0 aliphatic heterocycles. The van der Waals surface area contributed by atoms with Crippen LogP contribution in [0.2, 0.25) is 0 Å². The van der Waals surface area contributed by atoms with Gasteiger partial charge in [0.15, 0.2) is 0 Å². The average molecular weight is 377 g/mol. The van der Waals surface area contributed by atoms with E-state index < -0.39 is 23.1 Å². The molecule has 0 radical (unpaired) electrons. The molecule has 1 heterocycles. The molecule has 0 aliphatic carbocycles. The minimum atomic E-state index is -4.56. The van der Waals surface area contributed by atoms with Crippen molar-refractivity contribution in [2.75, 3.05) is 6.54 Å². The maximum atomic E-state index is 13.8. The van der Waals surface area contributed by atoms with Gasteiger partial charge >= 0.3 is 6.18 Å². The molecule has 0 aliphatic rings. The van der Waals surface area contributed by atoms with E-state index in [1.54, 1.807) is 4.57 Å². The Hall–Kier alpha value is -2.87. The monoisotopic (exact) mass is 377 g/mol. The Morgan fingerprint density at radius 1 is 1.15 bits per heavy atom. The first kappa shape index (κ1) is 18.9. The van der Waals surface area contributed by atoms with E-state index in [4.69, 9.17) is 5.73 Å². The minimum absolute atomic E-state index is 0.0123. The second kappa shape index (κ2) is 6.70. The third-order valence-corrected chi connectivity index (χ3v) is 4.90. The molecule has 0 saturated heterocycles. The predicted molar refractivity (Wildman–Crippen MR) is 96.6 cm³/mol.